The van der Waals surface area contributed by atoms with Crippen molar-refractivity contribution < 1.29 is 19.0 Å². The van der Waals surface area contributed by atoms with Gasteiger partial charge in [0.1, 0.15) is 12.4 Å². The molecular formula is C23H25N5O4. The van der Waals surface area contributed by atoms with Gasteiger partial charge in [0.2, 0.25) is 5.82 Å². The molecule has 0 spiro atoms. The van der Waals surface area contributed by atoms with Crippen LogP contribution in [0.15, 0.2) is 54.8 Å². The number of amides is 1. The highest BCUT2D eigenvalue weighted by molar-refractivity contribution is 6.05. The summed E-state index contributed by atoms with van der Waals surface area (Å²) >= 11 is 0. The molecule has 1 aliphatic rings. The summed E-state index contributed by atoms with van der Waals surface area (Å²) in [6, 6.07) is 12.3. The first-order chi connectivity index (χ1) is 15.7. The Labute approximate surface area is 185 Å². The van der Waals surface area contributed by atoms with Crippen LogP contribution in [0.25, 0.3) is 0 Å². The Morgan fingerprint density at radius 1 is 1.25 bits per heavy atom. The molecule has 9 heteroatoms. The number of aromatic nitrogens is 4. The molecule has 166 valence electrons. The van der Waals surface area contributed by atoms with Gasteiger partial charge in [0, 0.05) is 5.56 Å². The Balaban J connectivity index is 1.38. The first-order valence-corrected chi connectivity index (χ1v) is 10.6. The molecule has 0 bridgehead atoms. The van der Waals surface area contributed by atoms with Crippen molar-refractivity contribution in [2.75, 3.05) is 11.9 Å². The van der Waals surface area contributed by atoms with Crippen LogP contribution in [0.5, 0.6) is 17.2 Å². The van der Waals surface area contributed by atoms with Crippen LogP contribution in [0.1, 0.15) is 54.9 Å². The molecule has 1 unspecified atom stereocenters. The predicted molar refractivity (Wildman–Crippen MR) is 118 cm³/mol. The second-order valence-corrected chi connectivity index (χ2v) is 7.28. The molecule has 2 aromatic carbocycles. The van der Waals surface area contributed by atoms with Crippen molar-refractivity contribution in [3.8, 4) is 17.2 Å². The van der Waals surface area contributed by atoms with Gasteiger partial charge in [-0.1, -0.05) is 31.0 Å². The molecule has 0 fully saturated rings. The first kappa shape index (κ1) is 21.4. The van der Waals surface area contributed by atoms with Gasteiger partial charge in [-0.25, -0.2) is 0 Å². The Morgan fingerprint density at radius 3 is 2.91 bits per heavy atom. The normalized spacial score (nSPS) is 15.0. The Morgan fingerprint density at radius 2 is 2.12 bits per heavy atom. The van der Waals surface area contributed by atoms with Crippen molar-refractivity contribution >= 4 is 11.6 Å². The van der Waals surface area contributed by atoms with Gasteiger partial charge < -0.3 is 19.5 Å². The molecular weight excluding hydrogens is 410 g/mol. The summed E-state index contributed by atoms with van der Waals surface area (Å²) in [6.07, 6.45) is 7.75. The maximum Gasteiger partial charge on any atom is 0.255 e. The number of H-pyrrole nitrogens is 1. The number of fused-ring (bicyclic) bond motifs is 1. The van der Waals surface area contributed by atoms with Gasteiger partial charge in [0.05, 0.1) is 11.9 Å². The number of carbonyl (C=O) groups excluding carboxylic acids is 1. The van der Waals surface area contributed by atoms with Crippen molar-refractivity contribution in [3.05, 3.63) is 66.2 Å². The standard InChI is InChI=1S/C23H25N5O4/c1-2-3-4-5-6-14-30-17-12-10-16(11-13-17)23(29)24-18-8-7-9-19-21(18)32-20(15-31-19)22-25-27-28-26-22/h6-14,20H,2-5,15H2,1H3,(H,24,29)(H,25,26,27,28)/b14-6+. The number of anilines is 1. The number of para-hydroxylation sites is 1. The summed E-state index contributed by atoms with van der Waals surface area (Å²) in [7, 11) is 0. The van der Waals surface area contributed by atoms with Crippen LogP contribution in [0.2, 0.25) is 0 Å². The third-order valence-corrected chi connectivity index (χ3v) is 4.92. The summed E-state index contributed by atoms with van der Waals surface area (Å²) in [5.74, 6) is 1.74. The van der Waals surface area contributed by atoms with E-state index in [2.05, 4.69) is 32.9 Å². The number of ether oxygens (including phenoxy) is 3. The van der Waals surface area contributed by atoms with Gasteiger partial charge in [-0.15, -0.1) is 10.2 Å². The lowest BCUT2D eigenvalue weighted by atomic mass is 10.2. The molecule has 2 heterocycles. The maximum atomic E-state index is 12.8. The smallest absolute Gasteiger partial charge is 0.255 e. The number of aromatic amines is 1. The SMILES string of the molecule is CCCCC/C=C/Oc1ccc(C(=O)Nc2cccc3c2OC(c2nn[nH]n2)CO3)cc1. The van der Waals surface area contributed by atoms with E-state index in [1.807, 2.05) is 6.08 Å². The fourth-order valence-electron chi connectivity index (χ4n) is 3.21. The van der Waals surface area contributed by atoms with Crippen LogP contribution in [0.3, 0.4) is 0 Å². The minimum absolute atomic E-state index is 0.248. The highest BCUT2D eigenvalue weighted by Crippen LogP contribution is 2.41. The summed E-state index contributed by atoms with van der Waals surface area (Å²) in [4.78, 5) is 12.8. The van der Waals surface area contributed by atoms with E-state index < -0.39 is 6.10 Å². The fourth-order valence-corrected chi connectivity index (χ4v) is 3.21. The third-order valence-electron chi connectivity index (χ3n) is 4.92. The molecule has 9 nitrogen and oxygen atoms in total. The highest BCUT2D eigenvalue weighted by atomic mass is 16.6. The fraction of sp³-hybridized carbons (Fsp3) is 0.304. The van der Waals surface area contributed by atoms with Crippen LogP contribution in [-0.4, -0.2) is 33.1 Å². The van der Waals surface area contributed by atoms with E-state index in [9.17, 15) is 4.79 Å². The van der Waals surface area contributed by atoms with E-state index in [1.165, 1.54) is 12.8 Å². The van der Waals surface area contributed by atoms with Gasteiger partial charge in [-0.2, -0.15) is 5.21 Å². The number of tetrazole rings is 1. The van der Waals surface area contributed by atoms with Crippen molar-refractivity contribution in [2.45, 2.75) is 38.7 Å². The van der Waals surface area contributed by atoms with Crippen molar-refractivity contribution in [3.63, 3.8) is 0 Å². The van der Waals surface area contributed by atoms with Gasteiger partial charge in [-0.05, 0) is 55.3 Å². The number of allylic oxidation sites excluding steroid dienone is 1. The van der Waals surface area contributed by atoms with Gasteiger partial charge >= 0.3 is 0 Å². The lowest BCUT2D eigenvalue weighted by molar-refractivity contribution is 0.0856. The zero-order chi connectivity index (χ0) is 22.2. The summed E-state index contributed by atoms with van der Waals surface area (Å²) in [5.41, 5.74) is 0.990. The Hall–Kier alpha value is -3.88. The molecule has 0 radical (unpaired) electrons. The van der Waals surface area contributed by atoms with Crippen molar-refractivity contribution in [2.24, 2.45) is 0 Å². The number of rotatable bonds is 9. The largest absolute Gasteiger partial charge is 0.485 e. The minimum Gasteiger partial charge on any atom is -0.485 e. The number of hydrogen-bond acceptors (Lipinski definition) is 7. The van der Waals surface area contributed by atoms with Gasteiger partial charge in [-0.3, -0.25) is 4.79 Å². The van der Waals surface area contributed by atoms with Crippen LogP contribution in [-0.2, 0) is 0 Å². The molecule has 4 rings (SSSR count). The van der Waals surface area contributed by atoms with Crippen molar-refractivity contribution in [1.29, 1.82) is 0 Å². The number of nitrogens with zero attached hydrogens (tertiary/aromatic N) is 3. The summed E-state index contributed by atoms with van der Waals surface area (Å²) in [5, 5.41) is 16.7. The summed E-state index contributed by atoms with van der Waals surface area (Å²) in [6.45, 7) is 2.43. The highest BCUT2D eigenvalue weighted by Gasteiger charge is 2.28. The van der Waals surface area contributed by atoms with E-state index in [0.29, 0.717) is 34.3 Å². The number of nitrogens with one attached hydrogen (secondary N) is 2. The van der Waals surface area contributed by atoms with Crippen LogP contribution < -0.4 is 19.5 Å². The van der Waals surface area contributed by atoms with E-state index in [-0.39, 0.29) is 12.5 Å². The maximum absolute atomic E-state index is 12.8. The second-order valence-electron chi connectivity index (χ2n) is 7.28. The predicted octanol–water partition coefficient (Wildman–Crippen LogP) is 4.44. The lowest BCUT2D eigenvalue weighted by Crippen LogP contribution is -2.24. The van der Waals surface area contributed by atoms with E-state index in [4.69, 9.17) is 14.2 Å². The topological polar surface area (TPSA) is 111 Å². The molecule has 0 saturated carbocycles. The molecule has 1 aliphatic heterocycles. The Kier molecular flexibility index (Phi) is 6.96. The van der Waals surface area contributed by atoms with E-state index in [0.717, 1.165) is 12.8 Å². The first-order valence-electron chi connectivity index (χ1n) is 10.6. The number of unbranched alkanes of at least 4 members (excludes halogenated alkanes) is 3. The number of benzene rings is 2. The number of carbonyl (C=O) groups is 1. The molecule has 2 N–H and O–H groups in total. The quantitative estimate of drug-likeness (QED) is 0.378. The molecule has 32 heavy (non-hydrogen) atoms. The Bertz CT molecular complexity index is 1050. The van der Waals surface area contributed by atoms with E-state index in [1.54, 1.807) is 48.7 Å². The second kappa shape index (κ2) is 10.4. The molecule has 3 aromatic rings. The van der Waals surface area contributed by atoms with E-state index >= 15 is 0 Å². The number of hydrogen-bond donors (Lipinski definition) is 2. The van der Waals surface area contributed by atoms with Crippen LogP contribution in [0, 0.1) is 0 Å². The minimum atomic E-state index is -0.522. The van der Waals surface area contributed by atoms with Crippen molar-refractivity contribution in [1.82, 2.24) is 20.6 Å². The molecule has 1 atom stereocenters. The monoisotopic (exact) mass is 435 g/mol. The third kappa shape index (κ3) is 5.23. The molecule has 0 aliphatic carbocycles. The zero-order valence-electron chi connectivity index (χ0n) is 17.8. The molecule has 1 amide bonds. The molecule has 0 saturated heterocycles. The lowest BCUT2D eigenvalue weighted by Gasteiger charge is -2.26. The summed E-state index contributed by atoms with van der Waals surface area (Å²) < 4.78 is 17.3. The van der Waals surface area contributed by atoms with Crippen LogP contribution in [0.4, 0.5) is 5.69 Å². The average molecular weight is 435 g/mol. The van der Waals surface area contributed by atoms with Crippen LogP contribution >= 0.6 is 0 Å². The molecule has 1 aromatic heterocycles. The zero-order valence-corrected chi connectivity index (χ0v) is 17.8. The average Bonchev–Trinajstić information content (AvgIpc) is 3.37. The van der Waals surface area contributed by atoms with Gasteiger partial charge in [0.15, 0.2) is 17.6 Å². The van der Waals surface area contributed by atoms with Gasteiger partial charge in [0.25, 0.3) is 5.91 Å².